The van der Waals surface area contributed by atoms with Gasteiger partial charge in [-0.2, -0.15) is 0 Å². The Morgan fingerprint density at radius 1 is 1.06 bits per heavy atom. The number of likely N-dealkylation sites (tertiary alicyclic amines) is 1. The molecule has 2 heterocycles. The number of nitrogens with zero attached hydrogens (tertiary/aromatic N) is 3. The monoisotopic (exact) mass is 756 g/mol. The number of nitrogens with one attached hydrogen (secondary N) is 3. The van der Waals surface area contributed by atoms with Gasteiger partial charge < -0.3 is 35.2 Å². The van der Waals surface area contributed by atoms with E-state index in [1.165, 1.54) is 11.3 Å². The van der Waals surface area contributed by atoms with Gasteiger partial charge in [0.1, 0.15) is 11.0 Å². The lowest BCUT2D eigenvalue weighted by Gasteiger charge is -2.41. The fourth-order valence-corrected chi connectivity index (χ4v) is 7.92. The number of benzene rings is 1. The average Bonchev–Trinajstić information content (AvgIpc) is 3.87. The number of hydrogen-bond donors (Lipinski definition) is 3. The van der Waals surface area contributed by atoms with Gasteiger partial charge >= 0.3 is 0 Å². The molecule has 0 aliphatic carbocycles. The second-order valence-electron chi connectivity index (χ2n) is 15.3. The summed E-state index contributed by atoms with van der Waals surface area (Å²) in [7, 11) is 6.61. The minimum absolute atomic E-state index is 0.00885. The molecule has 2 aromatic rings. The second kappa shape index (κ2) is 20.3. The van der Waals surface area contributed by atoms with Crippen LogP contribution in [0.3, 0.4) is 0 Å². The fourth-order valence-electron chi connectivity index (χ4n) is 7.23. The standard InChI is InChI=1S/C40H64N6O6S/c1-12-26(4)34(45(9)38(49)33(25(2)3)44-39(50)40(6,7)41-8)31(51-10)24-32(47)46-21-16-19-30(46)35(52-11)27(5)36(48)43-29(37-42-20-22-53-37)23-28-17-14-13-15-18-28/h13-15,17-18,20,22,25-27,29-31,33-35,41H,12,16,19,21,23-24H2,1-11H3,(H,43,48)(H,44,50)/t26-,27+,29-,30-,31+,33-,34-,35?/m0/s1. The van der Waals surface area contributed by atoms with Crippen LogP contribution in [0.15, 0.2) is 41.9 Å². The second-order valence-corrected chi connectivity index (χ2v) is 16.2. The maximum atomic E-state index is 14.2. The largest absolute Gasteiger partial charge is 0.379 e. The molecule has 4 amide bonds. The van der Waals surface area contributed by atoms with E-state index in [2.05, 4.69) is 27.9 Å². The molecule has 1 aliphatic rings. The highest BCUT2D eigenvalue weighted by molar-refractivity contribution is 7.09. The zero-order chi connectivity index (χ0) is 39.5. The van der Waals surface area contributed by atoms with E-state index in [9.17, 15) is 19.2 Å². The first-order chi connectivity index (χ1) is 25.1. The van der Waals surface area contributed by atoms with Crippen LogP contribution in [-0.4, -0.2) is 109 Å². The van der Waals surface area contributed by atoms with E-state index in [1.807, 2.05) is 68.3 Å². The summed E-state index contributed by atoms with van der Waals surface area (Å²) in [5.74, 6) is -1.52. The molecule has 12 nitrogen and oxygen atoms in total. The first-order valence-electron chi connectivity index (χ1n) is 19.0. The Labute approximate surface area is 321 Å². The molecule has 0 saturated carbocycles. The molecule has 296 valence electrons. The van der Waals surface area contributed by atoms with Crippen LogP contribution in [0.5, 0.6) is 0 Å². The van der Waals surface area contributed by atoms with E-state index >= 15 is 0 Å². The minimum Gasteiger partial charge on any atom is -0.379 e. The van der Waals surface area contributed by atoms with Crippen LogP contribution in [0, 0.1) is 17.8 Å². The Morgan fingerprint density at radius 3 is 2.28 bits per heavy atom. The molecule has 1 aliphatic heterocycles. The molecule has 0 bridgehead atoms. The summed E-state index contributed by atoms with van der Waals surface area (Å²) in [6.07, 6.45) is 3.47. The van der Waals surface area contributed by atoms with Crippen molar-refractivity contribution in [3.63, 3.8) is 0 Å². The summed E-state index contributed by atoms with van der Waals surface area (Å²) in [5.41, 5.74) is 0.230. The third-order valence-electron chi connectivity index (χ3n) is 11.0. The molecule has 1 aromatic heterocycles. The van der Waals surface area contributed by atoms with Gasteiger partial charge in [-0.1, -0.05) is 71.4 Å². The summed E-state index contributed by atoms with van der Waals surface area (Å²) in [6.45, 7) is 13.8. The molecule has 53 heavy (non-hydrogen) atoms. The number of carbonyl (C=O) groups is 4. The SMILES string of the molecule is CC[C@H](C)[C@@H]([C@@H](CC(=O)N1CCC[C@H]1C(OC)[C@@H](C)C(=O)N[C@@H](Cc1ccccc1)c1nccs1)OC)N(C)C(=O)[C@@H](NC(=O)C(C)(C)NC)C(C)C. The molecule has 0 spiro atoms. The predicted octanol–water partition coefficient (Wildman–Crippen LogP) is 4.60. The lowest BCUT2D eigenvalue weighted by Crippen LogP contribution is -2.61. The van der Waals surface area contributed by atoms with E-state index in [0.717, 1.165) is 23.4 Å². The van der Waals surface area contributed by atoms with Gasteiger partial charge in [0.05, 0.1) is 48.2 Å². The first kappa shape index (κ1) is 44.0. The van der Waals surface area contributed by atoms with Gasteiger partial charge in [-0.15, -0.1) is 11.3 Å². The Kier molecular flexibility index (Phi) is 16.9. The van der Waals surface area contributed by atoms with E-state index in [-0.39, 0.29) is 54.0 Å². The Morgan fingerprint density at radius 2 is 1.74 bits per heavy atom. The lowest BCUT2D eigenvalue weighted by molar-refractivity contribution is -0.148. The molecular weight excluding hydrogens is 693 g/mol. The number of hydrogen-bond acceptors (Lipinski definition) is 9. The van der Waals surface area contributed by atoms with Crippen LogP contribution in [0.2, 0.25) is 0 Å². The van der Waals surface area contributed by atoms with Crippen molar-refractivity contribution >= 4 is 35.0 Å². The molecule has 3 N–H and O–H groups in total. The van der Waals surface area contributed by atoms with Crippen LogP contribution >= 0.6 is 11.3 Å². The fraction of sp³-hybridized carbons (Fsp3) is 0.675. The normalized spacial score (nSPS) is 18.8. The molecule has 3 rings (SSSR count). The summed E-state index contributed by atoms with van der Waals surface area (Å²) < 4.78 is 12.0. The first-order valence-corrected chi connectivity index (χ1v) is 19.8. The van der Waals surface area contributed by atoms with Crippen molar-refractivity contribution in [3.8, 4) is 0 Å². The molecule has 8 atom stereocenters. The maximum Gasteiger partial charge on any atom is 0.245 e. The van der Waals surface area contributed by atoms with Gasteiger partial charge in [-0.25, -0.2) is 4.98 Å². The van der Waals surface area contributed by atoms with Crippen molar-refractivity contribution in [3.05, 3.63) is 52.5 Å². The smallest absolute Gasteiger partial charge is 0.245 e. The quantitative estimate of drug-likeness (QED) is 0.178. The van der Waals surface area contributed by atoms with Crippen molar-refractivity contribution in [1.82, 2.24) is 30.7 Å². The third-order valence-corrected chi connectivity index (χ3v) is 11.9. The number of likely N-dealkylation sites (N-methyl/N-ethyl adjacent to an activating group) is 2. The minimum atomic E-state index is -0.862. The van der Waals surface area contributed by atoms with E-state index < -0.39 is 35.7 Å². The highest BCUT2D eigenvalue weighted by Crippen LogP contribution is 2.30. The van der Waals surface area contributed by atoms with Crippen LogP contribution in [0.4, 0.5) is 0 Å². The maximum absolute atomic E-state index is 14.2. The summed E-state index contributed by atoms with van der Waals surface area (Å²) >= 11 is 1.50. The van der Waals surface area contributed by atoms with Crippen molar-refractivity contribution in [2.75, 3.05) is 34.9 Å². The van der Waals surface area contributed by atoms with Crippen molar-refractivity contribution in [2.24, 2.45) is 17.8 Å². The molecular formula is C40H64N6O6S. The van der Waals surface area contributed by atoms with Gasteiger partial charge in [0.2, 0.25) is 23.6 Å². The molecule has 1 aromatic carbocycles. The van der Waals surface area contributed by atoms with Crippen molar-refractivity contribution in [2.45, 2.75) is 122 Å². The van der Waals surface area contributed by atoms with Gasteiger partial charge in [0.25, 0.3) is 0 Å². The number of amides is 4. The van der Waals surface area contributed by atoms with E-state index in [0.29, 0.717) is 19.4 Å². The van der Waals surface area contributed by atoms with Gasteiger partial charge in [0, 0.05) is 39.4 Å². The third kappa shape index (κ3) is 11.3. The predicted molar refractivity (Wildman–Crippen MR) is 209 cm³/mol. The van der Waals surface area contributed by atoms with Gasteiger partial charge in [-0.05, 0) is 57.6 Å². The highest BCUT2D eigenvalue weighted by atomic mass is 32.1. The zero-order valence-corrected chi connectivity index (χ0v) is 34.5. The lowest BCUT2D eigenvalue weighted by atomic mass is 9.89. The average molecular weight is 757 g/mol. The number of carbonyl (C=O) groups excluding carboxylic acids is 4. The molecule has 1 unspecified atom stereocenters. The summed E-state index contributed by atoms with van der Waals surface area (Å²) in [4.78, 5) is 63.3. The number of methoxy groups -OCH3 is 2. The summed E-state index contributed by atoms with van der Waals surface area (Å²) in [6, 6.07) is 8.19. The van der Waals surface area contributed by atoms with Crippen LogP contribution in [-0.2, 0) is 35.1 Å². The van der Waals surface area contributed by atoms with E-state index in [1.54, 1.807) is 53.3 Å². The Balaban J connectivity index is 1.78. The molecule has 13 heteroatoms. The topological polar surface area (TPSA) is 142 Å². The van der Waals surface area contributed by atoms with E-state index in [4.69, 9.17) is 9.47 Å². The Bertz CT molecular complexity index is 1460. The molecule has 1 fully saturated rings. The van der Waals surface area contributed by atoms with Crippen LogP contribution in [0.25, 0.3) is 0 Å². The molecule has 1 saturated heterocycles. The van der Waals surface area contributed by atoms with Crippen molar-refractivity contribution < 1.29 is 28.7 Å². The summed E-state index contributed by atoms with van der Waals surface area (Å²) in [5, 5.41) is 11.9. The van der Waals surface area contributed by atoms with Crippen LogP contribution < -0.4 is 16.0 Å². The van der Waals surface area contributed by atoms with Crippen LogP contribution in [0.1, 0.15) is 90.8 Å². The Hall–Kier alpha value is -3.39. The highest BCUT2D eigenvalue weighted by Gasteiger charge is 2.43. The van der Waals surface area contributed by atoms with Crippen molar-refractivity contribution in [1.29, 1.82) is 0 Å². The van der Waals surface area contributed by atoms with Gasteiger partial charge in [-0.3, -0.25) is 19.2 Å². The number of aromatic nitrogens is 1. The van der Waals surface area contributed by atoms with Gasteiger partial charge in [0.15, 0.2) is 0 Å². The zero-order valence-electron chi connectivity index (χ0n) is 33.7. The number of rotatable bonds is 20. The molecule has 0 radical (unpaired) electrons. The number of ether oxygens (including phenoxy) is 2. The number of thiazole rings is 1.